The fraction of sp³-hybridized carbons (Fsp3) is 0.222. The number of aromatic nitrogens is 2. The summed E-state index contributed by atoms with van der Waals surface area (Å²) in [5, 5.41) is 6.59. The van der Waals surface area contributed by atoms with Gasteiger partial charge in [-0.15, -0.1) is 11.3 Å². The highest BCUT2D eigenvalue weighted by Crippen LogP contribution is 2.26. The number of piperazine rings is 1. The maximum Gasteiger partial charge on any atom is 0.357 e. The van der Waals surface area contributed by atoms with E-state index in [2.05, 4.69) is 10.00 Å². The van der Waals surface area contributed by atoms with Crippen LogP contribution in [0.1, 0.15) is 10.5 Å². The van der Waals surface area contributed by atoms with Crippen molar-refractivity contribution in [3.05, 3.63) is 83.9 Å². The summed E-state index contributed by atoms with van der Waals surface area (Å²) in [6, 6.07) is 22.9. The number of para-hydroxylation sites is 1. The van der Waals surface area contributed by atoms with Gasteiger partial charge in [0.2, 0.25) is 0 Å². The molecule has 2 aromatic heterocycles. The Morgan fingerprint density at radius 2 is 1.67 bits per heavy atom. The highest BCUT2D eigenvalue weighted by atomic mass is 32.1. The summed E-state index contributed by atoms with van der Waals surface area (Å²) in [6.07, 6.45) is 0. The summed E-state index contributed by atoms with van der Waals surface area (Å²) < 4.78 is 12.2. The van der Waals surface area contributed by atoms with Gasteiger partial charge in [-0.05, 0) is 47.8 Å². The summed E-state index contributed by atoms with van der Waals surface area (Å²) in [5.41, 5.74) is 2.79. The number of methoxy groups -OCH3 is 1. The standard InChI is InChI=1S/C27H26N4O4S/c1-34-22-11-9-20(10-12-22)29-13-15-30(16-14-29)26(32)19-35-27(33)24-18-23(25-8-5-17-36-25)28-31(24)21-6-3-2-4-7-21/h2-12,17-18H,13-16,19H2,1H3. The number of anilines is 1. The van der Waals surface area contributed by atoms with Gasteiger partial charge in [0.25, 0.3) is 5.91 Å². The second-order valence-electron chi connectivity index (χ2n) is 8.28. The predicted molar refractivity (Wildman–Crippen MR) is 139 cm³/mol. The molecule has 9 heteroatoms. The molecule has 0 bridgehead atoms. The van der Waals surface area contributed by atoms with E-state index in [9.17, 15) is 9.59 Å². The molecule has 0 radical (unpaired) electrons. The molecule has 0 N–H and O–H groups in total. The van der Waals surface area contributed by atoms with Crippen LogP contribution in [0.15, 0.2) is 78.2 Å². The molecule has 1 fully saturated rings. The lowest BCUT2D eigenvalue weighted by Crippen LogP contribution is -2.49. The highest BCUT2D eigenvalue weighted by molar-refractivity contribution is 7.13. The summed E-state index contributed by atoms with van der Waals surface area (Å²) in [4.78, 5) is 30.7. The molecule has 1 aliphatic rings. The van der Waals surface area contributed by atoms with E-state index in [1.807, 2.05) is 72.1 Å². The normalized spacial score (nSPS) is 13.5. The Hall–Kier alpha value is -4.11. The lowest BCUT2D eigenvalue weighted by Gasteiger charge is -2.36. The number of nitrogens with zero attached hydrogens (tertiary/aromatic N) is 4. The van der Waals surface area contributed by atoms with Crippen molar-refractivity contribution >= 4 is 28.9 Å². The number of benzene rings is 2. The molecule has 0 spiro atoms. The molecule has 0 unspecified atom stereocenters. The van der Waals surface area contributed by atoms with Crippen LogP contribution in [0, 0.1) is 0 Å². The Kier molecular flexibility index (Phi) is 6.99. The van der Waals surface area contributed by atoms with Crippen molar-refractivity contribution in [3.8, 4) is 22.0 Å². The predicted octanol–water partition coefficient (Wildman–Crippen LogP) is 4.12. The van der Waals surface area contributed by atoms with E-state index in [-0.39, 0.29) is 18.2 Å². The van der Waals surface area contributed by atoms with Crippen LogP contribution in [-0.2, 0) is 9.53 Å². The van der Waals surface area contributed by atoms with Crippen LogP contribution in [-0.4, -0.2) is 66.5 Å². The van der Waals surface area contributed by atoms with Crippen molar-refractivity contribution < 1.29 is 19.1 Å². The van der Waals surface area contributed by atoms with Gasteiger partial charge in [0.05, 0.1) is 17.7 Å². The van der Waals surface area contributed by atoms with Crippen LogP contribution in [0.5, 0.6) is 5.75 Å². The largest absolute Gasteiger partial charge is 0.497 e. The van der Waals surface area contributed by atoms with Crippen molar-refractivity contribution in [2.75, 3.05) is 44.8 Å². The summed E-state index contributed by atoms with van der Waals surface area (Å²) in [6.45, 7) is 2.23. The third-order valence-electron chi connectivity index (χ3n) is 6.09. The maximum absolute atomic E-state index is 13.0. The van der Waals surface area contributed by atoms with Crippen LogP contribution in [0.4, 0.5) is 5.69 Å². The molecule has 4 aromatic rings. The molecular weight excluding hydrogens is 476 g/mol. The average molecular weight is 503 g/mol. The summed E-state index contributed by atoms with van der Waals surface area (Å²) >= 11 is 1.54. The first-order chi connectivity index (χ1) is 17.6. The zero-order valence-corrected chi connectivity index (χ0v) is 20.7. The second kappa shape index (κ2) is 10.7. The highest BCUT2D eigenvalue weighted by Gasteiger charge is 2.24. The minimum Gasteiger partial charge on any atom is -0.497 e. The summed E-state index contributed by atoms with van der Waals surface area (Å²) in [5.74, 6) is 0.0202. The molecule has 3 heterocycles. The third kappa shape index (κ3) is 5.11. The van der Waals surface area contributed by atoms with Gasteiger partial charge in [-0.2, -0.15) is 5.10 Å². The number of esters is 1. The fourth-order valence-corrected chi connectivity index (χ4v) is 4.82. The number of amides is 1. The van der Waals surface area contributed by atoms with E-state index in [1.54, 1.807) is 34.1 Å². The fourth-order valence-electron chi connectivity index (χ4n) is 4.14. The topological polar surface area (TPSA) is 76.9 Å². The zero-order valence-electron chi connectivity index (χ0n) is 19.9. The second-order valence-corrected chi connectivity index (χ2v) is 9.23. The number of carbonyl (C=O) groups excluding carboxylic acids is 2. The van der Waals surface area contributed by atoms with E-state index >= 15 is 0 Å². The smallest absolute Gasteiger partial charge is 0.357 e. The van der Waals surface area contributed by atoms with Gasteiger partial charge in [0.1, 0.15) is 11.4 Å². The maximum atomic E-state index is 13.0. The molecule has 184 valence electrons. The summed E-state index contributed by atoms with van der Waals surface area (Å²) in [7, 11) is 1.64. The van der Waals surface area contributed by atoms with Crippen LogP contribution in [0.25, 0.3) is 16.3 Å². The molecule has 1 aliphatic heterocycles. The van der Waals surface area contributed by atoms with E-state index in [0.29, 0.717) is 31.9 Å². The van der Waals surface area contributed by atoms with Crippen LogP contribution in [0.3, 0.4) is 0 Å². The molecule has 36 heavy (non-hydrogen) atoms. The average Bonchev–Trinajstić information content (AvgIpc) is 3.63. The van der Waals surface area contributed by atoms with Gasteiger partial charge >= 0.3 is 5.97 Å². The van der Waals surface area contributed by atoms with Crippen molar-refractivity contribution in [1.29, 1.82) is 0 Å². The Balaban J connectivity index is 1.22. The molecule has 2 aromatic carbocycles. The van der Waals surface area contributed by atoms with E-state index in [1.165, 1.54) is 0 Å². The van der Waals surface area contributed by atoms with Gasteiger partial charge in [-0.1, -0.05) is 24.3 Å². The minimum absolute atomic E-state index is 0.206. The first-order valence-electron chi connectivity index (χ1n) is 11.7. The Labute approximate surface area is 213 Å². The molecule has 1 saturated heterocycles. The molecule has 1 amide bonds. The van der Waals surface area contributed by atoms with Gasteiger partial charge in [0, 0.05) is 37.9 Å². The Morgan fingerprint density at radius 3 is 2.33 bits per heavy atom. The first kappa shape index (κ1) is 23.6. The number of rotatable bonds is 7. The SMILES string of the molecule is COc1ccc(N2CCN(C(=O)COC(=O)c3cc(-c4cccs4)nn3-c3ccccc3)CC2)cc1. The lowest BCUT2D eigenvalue weighted by molar-refractivity contribution is -0.134. The number of hydrogen-bond acceptors (Lipinski definition) is 7. The quantitative estimate of drug-likeness (QED) is 0.354. The van der Waals surface area contributed by atoms with Crippen LogP contribution >= 0.6 is 11.3 Å². The molecule has 5 rings (SSSR count). The van der Waals surface area contributed by atoms with Crippen LogP contribution in [0.2, 0.25) is 0 Å². The van der Waals surface area contributed by atoms with Crippen molar-refractivity contribution in [1.82, 2.24) is 14.7 Å². The first-order valence-corrected chi connectivity index (χ1v) is 12.5. The van der Waals surface area contributed by atoms with E-state index < -0.39 is 5.97 Å². The van der Waals surface area contributed by atoms with Crippen molar-refractivity contribution in [2.45, 2.75) is 0 Å². The molecule has 0 aliphatic carbocycles. The van der Waals surface area contributed by atoms with Gasteiger partial charge in [-0.25, -0.2) is 9.48 Å². The molecule has 0 atom stereocenters. The number of hydrogen-bond donors (Lipinski definition) is 0. The van der Waals surface area contributed by atoms with Crippen LogP contribution < -0.4 is 9.64 Å². The lowest BCUT2D eigenvalue weighted by atomic mass is 10.2. The Bertz CT molecular complexity index is 1310. The molecule has 8 nitrogen and oxygen atoms in total. The van der Waals surface area contributed by atoms with Gasteiger partial charge in [0.15, 0.2) is 12.3 Å². The Morgan fingerprint density at radius 1 is 0.917 bits per heavy atom. The monoisotopic (exact) mass is 502 g/mol. The zero-order chi connectivity index (χ0) is 24.9. The molecule has 0 saturated carbocycles. The minimum atomic E-state index is -0.584. The van der Waals surface area contributed by atoms with E-state index in [4.69, 9.17) is 9.47 Å². The van der Waals surface area contributed by atoms with Gasteiger partial charge < -0.3 is 19.3 Å². The third-order valence-corrected chi connectivity index (χ3v) is 6.98. The number of carbonyl (C=O) groups is 2. The van der Waals surface area contributed by atoms with Crippen molar-refractivity contribution in [3.63, 3.8) is 0 Å². The van der Waals surface area contributed by atoms with E-state index in [0.717, 1.165) is 22.0 Å². The number of ether oxygens (including phenoxy) is 2. The van der Waals surface area contributed by atoms with Crippen molar-refractivity contribution in [2.24, 2.45) is 0 Å². The number of thiophene rings is 1. The molecular formula is C27H26N4O4S. The van der Waals surface area contributed by atoms with Gasteiger partial charge in [-0.3, -0.25) is 4.79 Å².